The minimum Gasteiger partial charge on any atom is -0.351 e. The molecule has 0 aliphatic carbocycles. The topological polar surface area (TPSA) is 78.1 Å². The molecule has 0 bridgehead atoms. The minimum absolute atomic E-state index is 0.0866. The van der Waals surface area contributed by atoms with Crippen molar-refractivity contribution in [1.29, 1.82) is 0 Å². The first kappa shape index (κ1) is 18.2. The van der Waals surface area contributed by atoms with Gasteiger partial charge in [0.2, 0.25) is 5.91 Å². The number of aromatic nitrogens is 2. The average molecular weight is 354 g/mol. The molecule has 6 heteroatoms. The number of amides is 2. The number of rotatable bonds is 6. The predicted octanol–water partition coefficient (Wildman–Crippen LogP) is 2.38. The molecule has 1 aromatic carbocycles. The minimum atomic E-state index is -0.163. The fraction of sp³-hybridized carbons (Fsp3) is 0.450. The van der Waals surface area contributed by atoms with Crippen LogP contribution in [-0.4, -0.2) is 40.0 Å². The molecule has 0 radical (unpaired) electrons. The molecule has 0 spiro atoms. The molecule has 1 aliphatic heterocycles. The van der Waals surface area contributed by atoms with Gasteiger partial charge in [0.05, 0.1) is 6.42 Å². The van der Waals surface area contributed by atoms with Crippen molar-refractivity contribution in [3.8, 4) is 0 Å². The zero-order valence-corrected chi connectivity index (χ0v) is 15.5. The fourth-order valence-corrected chi connectivity index (χ4v) is 3.24. The van der Waals surface area contributed by atoms with E-state index in [1.54, 1.807) is 0 Å². The SMILES string of the molecule is CCCCNC(=O)c1n[nH]c2c1CN(C(=O)Cc1ccccc1C)CC2. The number of carbonyl (C=O) groups is 2. The van der Waals surface area contributed by atoms with Crippen molar-refractivity contribution in [2.24, 2.45) is 0 Å². The smallest absolute Gasteiger partial charge is 0.272 e. The number of hydrogen-bond acceptors (Lipinski definition) is 3. The number of hydrogen-bond donors (Lipinski definition) is 2. The summed E-state index contributed by atoms with van der Waals surface area (Å²) in [7, 11) is 0. The van der Waals surface area contributed by atoms with E-state index >= 15 is 0 Å². The Kier molecular flexibility index (Phi) is 5.71. The summed E-state index contributed by atoms with van der Waals surface area (Å²) in [6.07, 6.45) is 3.06. The standard InChI is InChI=1S/C20H26N4O2/c1-3-4-10-21-20(26)19-16-13-24(11-9-17(16)22-23-19)18(25)12-15-8-6-5-7-14(15)2/h5-8H,3-4,9-13H2,1-2H3,(H,21,26)(H,22,23). The third-order valence-electron chi connectivity index (χ3n) is 4.92. The van der Waals surface area contributed by atoms with E-state index in [4.69, 9.17) is 0 Å². The Balaban J connectivity index is 1.68. The molecule has 1 aromatic heterocycles. The highest BCUT2D eigenvalue weighted by Gasteiger charge is 2.27. The van der Waals surface area contributed by atoms with Crippen LogP contribution >= 0.6 is 0 Å². The summed E-state index contributed by atoms with van der Waals surface area (Å²) in [5.74, 6) is -0.0763. The molecular weight excluding hydrogens is 328 g/mol. The number of fused-ring (bicyclic) bond motifs is 1. The Hall–Kier alpha value is -2.63. The van der Waals surface area contributed by atoms with Crippen LogP contribution in [0.15, 0.2) is 24.3 Å². The molecule has 0 unspecified atom stereocenters. The van der Waals surface area contributed by atoms with Crippen molar-refractivity contribution < 1.29 is 9.59 Å². The number of nitrogens with zero attached hydrogens (tertiary/aromatic N) is 2. The maximum absolute atomic E-state index is 12.7. The lowest BCUT2D eigenvalue weighted by Crippen LogP contribution is -2.38. The van der Waals surface area contributed by atoms with E-state index in [0.717, 1.165) is 35.2 Å². The summed E-state index contributed by atoms with van der Waals surface area (Å²) < 4.78 is 0. The molecule has 2 amide bonds. The predicted molar refractivity (Wildman–Crippen MR) is 99.8 cm³/mol. The number of benzene rings is 1. The van der Waals surface area contributed by atoms with Crippen molar-refractivity contribution in [3.63, 3.8) is 0 Å². The molecule has 0 fully saturated rings. The summed E-state index contributed by atoms with van der Waals surface area (Å²) in [5.41, 5.74) is 4.41. The van der Waals surface area contributed by atoms with Crippen molar-refractivity contribution in [2.75, 3.05) is 13.1 Å². The molecule has 2 heterocycles. The van der Waals surface area contributed by atoms with Crippen LogP contribution in [0.3, 0.4) is 0 Å². The van der Waals surface area contributed by atoms with Gasteiger partial charge < -0.3 is 10.2 Å². The van der Waals surface area contributed by atoms with E-state index < -0.39 is 0 Å². The first-order valence-electron chi connectivity index (χ1n) is 9.26. The molecule has 1 aliphatic rings. The Morgan fingerprint density at radius 3 is 2.88 bits per heavy atom. The first-order valence-corrected chi connectivity index (χ1v) is 9.26. The molecule has 0 saturated heterocycles. The van der Waals surface area contributed by atoms with Gasteiger partial charge in [0.25, 0.3) is 5.91 Å². The summed E-state index contributed by atoms with van der Waals surface area (Å²) in [6, 6.07) is 7.95. The summed E-state index contributed by atoms with van der Waals surface area (Å²) in [4.78, 5) is 26.9. The maximum Gasteiger partial charge on any atom is 0.272 e. The highest BCUT2D eigenvalue weighted by molar-refractivity contribution is 5.94. The quantitative estimate of drug-likeness (QED) is 0.782. The van der Waals surface area contributed by atoms with Crippen LogP contribution in [0.25, 0.3) is 0 Å². The molecule has 26 heavy (non-hydrogen) atoms. The van der Waals surface area contributed by atoms with E-state index in [9.17, 15) is 9.59 Å². The molecule has 138 valence electrons. The molecule has 2 N–H and O–H groups in total. The Morgan fingerprint density at radius 2 is 2.12 bits per heavy atom. The summed E-state index contributed by atoms with van der Waals surface area (Å²) >= 11 is 0. The van der Waals surface area contributed by atoms with E-state index in [-0.39, 0.29) is 11.8 Å². The van der Waals surface area contributed by atoms with E-state index in [1.807, 2.05) is 36.1 Å². The Bertz CT molecular complexity index is 797. The molecular formula is C20H26N4O2. The van der Waals surface area contributed by atoms with Crippen molar-refractivity contribution in [3.05, 3.63) is 52.3 Å². The lowest BCUT2D eigenvalue weighted by atomic mass is 10.0. The number of unbranched alkanes of at least 4 members (excludes halogenated alkanes) is 1. The van der Waals surface area contributed by atoms with Crippen LogP contribution in [0.5, 0.6) is 0 Å². The second-order valence-electron chi connectivity index (χ2n) is 6.81. The van der Waals surface area contributed by atoms with Crippen LogP contribution < -0.4 is 5.32 Å². The van der Waals surface area contributed by atoms with Crippen molar-refractivity contribution in [2.45, 2.75) is 46.1 Å². The number of H-pyrrole nitrogens is 1. The van der Waals surface area contributed by atoms with Crippen molar-refractivity contribution in [1.82, 2.24) is 20.4 Å². The lowest BCUT2D eigenvalue weighted by Gasteiger charge is -2.27. The third-order valence-corrected chi connectivity index (χ3v) is 4.92. The van der Waals surface area contributed by atoms with Gasteiger partial charge in [-0.1, -0.05) is 37.6 Å². The van der Waals surface area contributed by atoms with Crippen LogP contribution in [0, 0.1) is 6.92 Å². The number of carbonyl (C=O) groups excluding carboxylic acids is 2. The second kappa shape index (κ2) is 8.17. The van der Waals surface area contributed by atoms with Gasteiger partial charge in [-0.3, -0.25) is 14.7 Å². The van der Waals surface area contributed by atoms with Crippen LogP contribution in [0.4, 0.5) is 0 Å². The van der Waals surface area contributed by atoms with Crippen molar-refractivity contribution >= 4 is 11.8 Å². The number of aryl methyl sites for hydroxylation is 1. The van der Waals surface area contributed by atoms with Crippen LogP contribution in [0.1, 0.15) is 52.6 Å². The first-order chi connectivity index (χ1) is 12.6. The molecule has 6 nitrogen and oxygen atoms in total. The second-order valence-corrected chi connectivity index (χ2v) is 6.81. The van der Waals surface area contributed by atoms with Crippen LogP contribution in [-0.2, 0) is 24.2 Å². The third kappa shape index (κ3) is 3.95. The average Bonchev–Trinajstić information content (AvgIpc) is 3.07. The number of nitrogens with one attached hydrogen (secondary N) is 2. The Morgan fingerprint density at radius 1 is 1.31 bits per heavy atom. The highest BCUT2D eigenvalue weighted by atomic mass is 16.2. The molecule has 3 rings (SSSR count). The maximum atomic E-state index is 12.7. The fourth-order valence-electron chi connectivity index (χ4n) is 3.24. The van der Waals surface area contributed by atoms with Crippen LogP contribution in [0.2, 0.25) is 0 Å². The van der Waals surface area contributed by atoms with Gasteiger partial charge in [0, 0.05) is 37.3 Å². The van der Waals surface area contributed by atoms with Gasteiger partial charge in [-0.05, 0) is 24.5 Å². The summed E-state index contributed by atoms with van der Waals surface area (Å²) in [6.45, 7) is 5.84. The largest absolute Gasteiger partial charge is 0.351 e. The number of aromatic amines is 1. The van der Waals surface area contributed by atoms with E-state index in [0.29, 0.717) is 38.2 Å². The highest BCUT2D eigenvalue weighted by Crippen LogP contribution is 2.21. The Labute approximate surface area is 154 Å². The molecule has 0 saturated carbocycles. The van der Waals surface area contributed by atoms with E-state index in [2.05, 4.69) is 22.4 Å². The zero-order chi connectivity index (χ0) is 18.5. The van der Waals surface area contributed by atoms with Gasteiger partial charge in [0.1, 0.15) is 0 Å². The zero-order valence-electron chi connectivity index (χ0n) is 15.5. The normalized spacial score (nSPS) is 13.4. The van der Waals surface area contributed by atoms with Gasteiger partial charge in [0.15, 0.2) is 5.69 Å². The molecule has 0 atom stereocenters. The van der Waals surface area contributed by atoms with Gasteiger partial charge in [-0.2, -0.15) is 5.10 Å². The van der Waals surface area contributed by atoms with Gasteiger partial charge in [-0.25, -0.2) is 0 Å². The summed E-state index contributed by atoms with van der Waals surface area (Å²) in [5, 5.41) is 10.1. The van der Waals surface area contributed by atoms with Gasteiger partial charge >= 0.3 is 0 Å². The van der Waals surface area contributed by atoms with E-state index in [1.165, 1.54) is 0 Å². The monoisotopic (exact) mass is 354 g/mol. The lowest BCUT2D eigenvalue weighted by molar-refractivity contribution is -0.131. The van der Waals surface area contributed by atoms with Gasteiger partial charge in [-0.15, -0.1) is 0 Å². The molecule has 2 aromatic rings.